The van der Waals surface area contributed by atoms with Gasteiger partial charge < -0.3 is 14.8 Å². The first kappa shape index (κ1) is 16.3. The molecule has 22 heavy (non-hydrogen) atoms. The molecule has 5 heteroatoms. The van der Waals surface area contributed by atoms with Crippen molar-refractivity contribution in [2.75, 3.05) is 20.3 Å². The molecule has 1 amide bonds. The van der Waals surface area contributed by atoms with Crippen LogP contribution in [0.15, 0.2) is 48.5 Å². The Kier molecular flexibility index (Phi) is 6.25. The molecule has 116 valence electrons. The zero-order valence-electron chi connectivity index (χ0n) is 12.3. The summed E-state index contributed by atoms with van der Waals surface area (Å²) in [6.45, 7) is 1.53. The van der Waals surface area contributed by atoms with Gasteiger partial charge in [0.05, 0.1) is 6.61 Å². The summed E-state index contributed by atoms with van der Waals surface area (Å²) in [5.74, 6) is 0.655. The normalized spacial score (nSPS) is 10.3. The molecule has 0 saturated heterocycles. The highest BCUT2D eigenvalue weighted by molar-refractivity contribution is 6.30. The first-order valence-electron chi connectivity index (χ1n) is 6.93. The van der Waals surface area contributed by atoms with Crippen LogP contribution in [0.1, 0.15) is 15.9 Å². The van der Waals surface area contributed by atoms with E-state index in [4.69, 9.17) is 21.1 Å². The van der Waals surface area contributed by atoms with E-state index in [-0.39, 0.29) is 5.91 Å². The Balaban J connectivity index is 1.83. The third-order valence-electron chi connectivity index (χ3n) is 3.04. The molecule has 0 unspecified atom stereocenters. The van der Waals surface area contributed by atoms with Gasteiger partial charge in [-0.1, -0.05) is 23.7 Å². The van der Waals surface area contributed by atoms with E-state index in [1.807, 2.05) is 24.3 Å². The van der Waals surface area contributed by atoms with Gasteiger partial charge in [-0.2, -0.15) is 0 Å². The van der Waals surface area contributed by atoms with Gasteiger partial charge in [-0.25, -0.2) is 0 Å². The van der Waals surface area contributed by atoms with E-state index >= 15 is 0 Å². The first-order valence-corrected chi connectivity index (χ1v) is 7.31. The zero-order chi connectivity index (χ0) is 15.8. The number of rotatable bonds is 7. The molecule has 2 rings (SSSR count). The van der Waals surface area contributed by atoms with Crippen LogP contribution < -0.4 is 10.1 Å². The molecule has 0 bridgehead atoms. The molecule has 1 N–H and O–H groups in total. The molecule has 0 aliphatic rings. The number of amides is 1. The average molecular weight is 320 g/mol. The van der Waals surface area contributed by atoms with Gasteiger partial charge in [0.15, 0.2) is 0 Å². The summed E-state index contributed by atoms with van der Waals surface area (Å²) in [5, 5.41) is 3.48. The molecule has 0 aliphatic heterocycles. The van der Waals surface area contributed by atoms with Gasteiger partial charge in [-0.15, -0.1) is 0 Å². The van der Waals surface area contributed by atoms with Gasteiger partial charge in [0.2, 0.25) is 0 Å². The number of carbonyl (C=O) groups excluding carboxylic acids is 1. The molecule has 4 nitrogen and oxygen atoms in total. The molecule has 0 radical (unpaired) electrons. The maximum atomic E-state index is 12.0. The highest BCUT2D eigenvalue weighted by Crippen LogP contribution is 2.13. The molecule has 0 spiro atoms. The van der Waals surface area contributed by atoms with Gasteiger partial charge in [-0.3, -0.25) is 4.79 Å². The zero-order valence-corrected chi connectivity index (χ0v) is 13.1. The number of halogens is 1. The SMILES string of the molecule is COCCOc1ccc(CNC(=O)c2ccc(Cl)cc2)cc1. The maximum Gasteiger partial charge on any atom is 0.251 e. The van der Waals surface area contributed by atoms with E-state index in [2.05, 4.69) is 5.32 Å². The smallest absolute Gasteiger partial charge is 0.251 e. The monoisotopic (exact) mass is 319 g/mol. The average Bonchev–Trinajstić information content (AvgIpc) is 2.55. The van der Waals surface area contributed by atoms with Crippen LogP contribution in [0.5, 0.6) is 5.75 Å². The maximum absolute atomic E-state index is 12.0. The third kappa shape index (κ3) is 5.06. The summed E-state index contributed by atoms with van der Waals surface area (Å²) < 4.78 is 10.4. The van der Waals surface area contributed by atoms with E-state index in [1.54, 1.807) is 31.4 Å². The molecule has 0 fully saturated rings. The van der Waals surface area contributed by atoms with Crippen LogP contribution in [0.2, 0.25) is 5.02 Å². The number of carbonyl (C=O) groups is 1. The van der Waals surface area contributed by atoms with Crippen molar-refractivity contribution >= 4 is 17.5 Å². The molecular weight excluding hydrogens is 302 g/mol. The van der Waals surface area contributed by atoms with E-state index in [0.717, 1.165) is 11.3 Å². The lowest BCUT2D eigenvalue weighted by Crippen LogP contribution is -2.22. The first-order chi connectivity index (χ1) is 10.7. The van der Waals surface area contributed by atoms with Crippen molar-refractivity contribution in [1.82, 2.24) is 5.32 Å². The van der Waals surface area contributed by atoms with Crippen molar-refractivity contribution in [2.45, 2.75) is 6.54 Å². The fourth-order valence-corrected chi connectivity index (χ4v) is 1.96. The Morgan fingerprint density at radius 1 is 1.05 bits per heavy atom. The predicted molar refractivity (Wildman–Crippen MR) is 86.4 cm³/mol. The van der Waals surface area contributed by atoms with Crippen molar-refractivity contribution in [3.05, 3.63) is 64.7 Å². The van der Waals surface area contributed by atoms with Crippen molar-refractivity contribution in [1.29, 1.82) is 0 Å². The fourth-order valence-electron chi connectivity index (χ4n) is 1.83. The van der Waals surface area contributed by atoms with Gasteiger partial charge >= 0.3 is 0 Å². The van der Waals surface area contributed by atoms with Gasteiger partial charge in [0.25, 0.3) is 5.91 Å². The minimum atomic E-state index is -0.128. The highest BCUT2D eigenvalue weighted by Gasteiger charge is 2.05. The molecule has 0 aliphatic carbocycles. The summed E-state index contributed by atoms with van der Waals surface area (Å²) in [5.41, 5.74) is 1.59. The molecule has 0 aromatic heterocycles. The molecule has 0 saturated carbocycles. The second-order valence-electron chi connectivity index (χ2n) is 4.67. The predicted octanol–water partition coefficient (Wildman–Crippen LogP) is 3.30. The van der Waals surface area contributed by atoms with Crippen molar-refractivity contribution < 1.29 is 14.3 Å². The number of ether oxygens (including phenoxy) is 2. The Bertz CT molecular complexity index is 596. The van der Waals surface area contributed by atoms with Crippen LogP contribution in [0, 0.1) is 0 Å². The van der Waals surface area contributed by atoms with Gasteiger partial charge in [0, 0.05) is 24.2 Å². The number of benzene rings is 2. The highest BCUT2D eigenvalue weighted by atomic mass is 35.5. The lowest BCUT2D eigenvalue weighted by molar-refractivity contribution is 0.0951. The quantitative estimate of drug-likeness (QED) is 0.797. The molecule has 0 atom stereocenters. The van der Waals surface area contributed by atoms with Crippen molar-refractivity contribution in [2.24, 2.45) is 0 Å². The van der Waals surface area contributed by atoms with Crippen LogP contribution in [0.25, 0.3) is 0 Å². The molecule has 2 aromatic rings. The topological polar surface area (TPSA) is 47.6 Å². The Labute approximate surface area is 135 Å². The van der Waals surface area contributed by atoms with E-state index in [0.29, 0.717) is 30.3 Å². The molecular formula is C17H18ClNO3. The lowest BCUT2D eigenvalue weighted by atomic mass is 10.2. The van der Waals surface area contributed by atoms with Crippen molar-refractivity contribution in [3.63, 3.8) is 0 Å². The van der Waals surface area contributed by atoms with Crippen LogP contribution >= 0.6 is 11.6 Å². The standard InChI is InChI=1S/C17H18ClNO3/c1-21-10-11-22-16-8-2-13(3-9-16)12-19-17(20)14-4-6-15(18)7-5-14/h2-9H,10-12H2,1H3,(H,19,20). The lowest BCUT2D eigenvalue weighted by Gasteiger charge is -2.08. The minimum Gasteiger partial charge on any atom is -0.491 e. The Morgan fingerprint density at radius 3 is 2.36 bits per heavy atom. The summed E-state index contributed by atoms with van der Waals surface area (Å²) in [7, 11) is 1.63. The van der Waals surface area contributed by atoms with E-state index in [9.17, 15) is 4.79 Å². The second kappa shape index (κ2) is 8.41. The van der Waals surface area contributed by atoms with Crippen LogP contribution in [-0.4, -0.2) is 26.2 Å². The van der Waals surface area contributed by atoms with Crippen LogP contribution in [-0.2, 0) is 11.3 Å². The Hall–Kier alpha value is -2.04. The molecule has 2 aromatic carbocycles. The summed E-state index contributed by atoms with van der Waals surface area (Å²) in [4.78, 5) is 12.0. The number of hydrogen-bond donors (Lipinski definition) is 1. The van der Waals surface area contributed by atoms with E-state index in [1.165, 1.54) is 0 Å². The summed E-state index contributed by atoms with van der Waals surface area (Å²) in [6, 6.07) is 14.4. The number of methoxy groups -OCH3 is 1. The van der Waals surface area contributed by atoms with Gasteiger partial charge in [0.1, 0.15) is 12.4 Å². The van der Waals surface area contributed by atoms with Crippen molar-refractivity contribution in [3.8, 4) is 5.75 Å². The number of nitrogens with one attached hydrogen (secondary N) is 1. The summed E-state index contributed by atoms with van der Waals surface area (Å²) in [6.07, 6.45) is 0. The molecule has 0 heterocycles. The summed E-state index contributed by atoms with van der Waals surface area (Å²) >= 11 is 5.80. The number of hydrogen-bond acceptors (Lipinski definition) is 3. The van der Waals surface area contributed by atoms with Crippen LogP contribution in [0.4, 0.5) is 0 Å². The van der Waals surface area contributed by atoms with E-state index < -0.39 is 0 Å². The second-order valence-corrected chi connectivity index (χ2v) is 5.11. The third-order valence-corrected chi connectivity index (χ3v) is 3.29. The Morgan fingerprint density at radius 2 is 1.73 bits per heavy atom. The largest absolute Gasteiger partial charge is 0.491 e. The van der Waals surface area contributed by atoms with Gasteiger partial charge in [-0.05, 0) is 42.0 Å². The van der Waals surface area contributed by atoms with Crippen LogP contribution in [0.3, 0.4) is 0 Å². The minimum absolute atomic E-state index is 0.128. The fraction of sp³-hybridized carbons (Fsp3) is 0.235.